The third-order valence-electron chi connectivity index (χ3n) is 2.32. The first-order chi connectivity index (χ1) is 6.83. The average molecular weight is 282 g/mol. The number of hydrogen-bond donors (Lipinski definition) is 1. The Bertz CT molecular complexity index is 352. The number of nitrogens with two attached hydrogens (primary N) is 1. The highest BCUT2D eigenvalue weighted by Crippen LogP contribution is 2.43. The second-order valence-corrected chi connectivity index (χ2v) is 4.25. The number of rotatable bonds is 3. The molecule has 5 heteroatoms. The van der Waals surface area contributed by atoms with Gasteiger partial charge in [-0.2, -0.15) is 0 Å². The summed E-state index contributed by atoms with van der Waals surface area (Å²) in [5.74, 6) is -3.59. The van der Waals surface area contributed by atoms with Crippen LogP contribution in [0.2, 0.25) is 0 Å². The third kappa shape index (κ3) is 2.18. The van der Waals surface area contributed by atoms with Crippen LogP contribution >= 0.6 is 15.9 Å². The van der Waals surface area contributed by atoms with E-state index in [1.807, 2.05) is 0 Å². The van der Waals surface area contributed by atoms with Crippen molar-refractivity contribution in [2.75, 3.05) is 6.54 Å². The molecule has 0 spiro atoms. The summed E-state index contributed by atoms with van der Waals surface area (Å²) in [6.07, 6.45) is 0. The van der Waals surface area contributed by atoms with Crippen molar-refractivity contribution in [3.8, 4) is 0 Å². The smallest absolute Gasteiger partial charge is 0.297 e. The van der Waals surface area contributed by atoms with Gasteiger partial charge in [-0.3, -0.25) is 0 Å². The lowest BCUT2D eigenvalue weighted by Gasteiger charge is -2.30. The quantitative estimate of drug-likeness (QED) is 0.905. The maximum Gasteiger partial charge on any atom is 0.297 e. The Hall–Kier alpha value is -0.550. The summed E-state index contributed by atoms with van der Waals surface area (Å²) < 4.78 is 40.9. The summed E-state index contributed by atoms with van der Waals surface area (Å²) in [6, 6.07) is 5.96. The maximum absolute atomic E-state index is 14.0. The molecule has 1 unspecified atom stereocenters. The second kappa shape index (κ2) is 4.14. The fourth-order valence-electron chi connectivity index (χ4n) is 1.23. The molecule has 0 saturated carbocycles. The van der Waals surface area contributed by atoms with Crippen LogP contribution in [0.15, 0.2) is 28.7 Å². The van der Waals surface area contributed by atoms with Crippen molar-refractivity contribution in [3.05, 3.63) is 34.3 Å². The van der Waals surface area contributed by atoms with Crippen molar-refractivity contribution in [2.24, 2.45) is 5.73 Å². The minimum atomic E-state index is -3.59. The number of hydrogen-bond acceptors (Lipinski definition) is 1. The molecule has 1 atom stereocenters. The Morgan fingerprint density at radius 1 is 1.27 bits per heavy atom. The standard InChI is InChI=1S/C10H11BrF3N/c1-9(12,10(13,14)6-15)7-4-2-3-5-8(7)11/h2-5H,6,15H2,1H3. The average Bonchev–Trinajstić information content (AvgIpc) is 2.18. The molecule has 0 radical (unpaired) electrons. The lowest BCUT2D eigenvalue weighted by atomic mass is 9.91. The predicted molar refractivity (Wildman–Crippen MR) is 56.6 cm³/mol. The summed E-state index contributed by atoms with van der Waals surface area (Å²) in [5.41, 5.74) is 2.00. The summed E-state index contributed by atoms with van der Waals surface area (Å²) in [6.45, 7) is -0.193. The molecule has 15 heavy (non-hydrogen) atoms. The molecule has 84 valence electrons. The third-order valence-corrected chi connectivity index (χ3v) is 3.01. The second-order valence-electron chi connectivity index (χ2n) is 3.39. The molecular weight excluding hydrogens is 271 g/mol. The highest BCUT2D eigenvalue weighted by atomic mass is 79.9. The largest absolute Gasteiger partial charge is 0.325 e. The van der Waals surface area contributed by atoms with Crippen molar-refractivity contribution < 1.29 is 13.2 Å². The fraction of sp³-hybridized carbons (Fsp3) is 0.400. The lowest BCUT2D eigenvalue weighted by molar-refractivity contribution is -0.126. The molecule has 0 heterocycles. The number of halogens is 4. The molecule has 0 bridgehead atoms. The molecule has 0 amide bonds. The molecule has 1 aromatic carbocycles. The van der Waals surface area contributed by atoms with E-state index in [0.29, 0.717) is 4.47 Å². The Kier molecular flexibility index (Phi) is 3.45. The molecule has 0 aliphatic rings. The van der Waals surface area contributed by atoms with Gasteiger partial charge in [-0.1, -0.05) is 34.1 Å². The normalized spacial score (nSPS) is 16.1. The Morgan fingerprint density at radius 2 is 1.80 bits per heavy atom. The number of alkyl halides is 3. The van der Waals surface area contributed by atoms with Gasteiger partial charge in [0, 0.05) is 10.0 Å². The molecule has 0 fully saturated rings. The van der Waals surface area contributed by atoms with E-state index < -0.39 is 18.1 Å². The van der Waals surface area contributed by atoms with Gasteiger partial charge in [0.2, 0.25) is 0 Å². The Balaban J connectivity index is 3.22. The topological polar surface area (TPSA) is 26.0 Å². The zero-order valence-electron chi connectivity index (χ0n) is 8.11. The van der Waals surface area contributed by atoms with Gasteiger partial charge in [0.15, 0.2) is 5.67 Å². The van der Waals surface area contributed by atoms with E-state index in [2.05, 4.69) is 15.9 Å². The Labute approximate surface area is 94.6 Å². The minimum absolute atomic E-state index is 0.0968. The monoisotopic (exact) mass is 281 g/mol. The fourth-order valence-corrected chi connectivity index (χ4v) is 1.89. The summed E-state index contributed by atoms with van der Waals surface area (Å²) in [7, 11) is 0. The molecule has 2 N–H and O–H groups in total. The van der Waals surface area contributed by atoms with Crippen LogP contribution in [0.3, 0.4) is 0 Å². The molecule has 1 aromatic rings. The van der Waals surface area contributed by atoms with Crippen molar-refractivity contribution >= 4 is 15.9 Å². The van der Waals surface area contributed by atoms with Crippen LogP contribution in [0.4, 0.5) is 13.2 Å². The van der Waals surface area contributed by atoms with E-state index in [1.165, 1.54) is 18.2 Å². The van der Waals surface area contributed by atoms with E-state index >= 15 is 0 Å². The molecule has 0 saturated heterocycles. The summed E-state index contributed by atoms with van der Waals surface area (Å²) in [5, 5.41) is 0. The van der Waals surface area contributed by atoms with Crippen LogP contribution in [0.25, 0.3) is 0 Å². The van der Waals surface area contributed by atoms with Crippen LogP contribution in [-0.2, 0) is 5.67 Å². The predicted octanol–water partition coefficient (Wildman–Crippen LogP) is 3.23. The van der Waals surface area contributed by atoms with Crippen LogP contribution in [0.5, 0.6) is 0 Å². The maximum atomic E-state index is 14.0. The van der Waals surface area contributed by atoms with Crippen molar-refractivity contribution in [1.29, 1.82) is 0 Å². The van der Waals surface area contributed by atoms with Crippen LogP contribution in [0.1, 0.15) is 12.5 Å². The molecular formula is C10H11BrF3N. The summed E-state index contributed by atoms with van der Waals surface area (Å²) >= 11 is 3.04. The van der Waals surface area contributed by atoms with Gasteiger partial charge in [0.1, 0.15) is 0 Å². The zero-order valence-corrected chi connectivity index (χ0v) is 9.69. The van der Waals surface area contributed by atoms with E-state index in [1.54, 1.807) is 6.07 Å². The number of benzene rings is 1. The van der Waals surface area contributed by atoms with Gasteiger partial charge in [0.25, 0.3) is 5.92 Å². The minimum Gasteiger partial charge on any atom is -0.325 e. The molecule has 1 rings (SSSR count). The zero-order chi connectivity index (χ0) is 11.7. The summed E-state index contributed by atoms with van der Waals surface area (Å²) in [4.78, 5) is 0. The highest BCUT2D eigenvalue weighted by Gasteiger charge is 2.51. The molecule has 0 aliphatic carbocycles. The first-order valence-electron chi connectivity index (χ1n) is 4.35. The van der Waals surface area contributed by atoms with Crippen LogP contribution in [0, 0.1) is 0 Å². The van der Waals surface area contributed by atoms with Gasteiger partial charge < -0.3 is 5.73 Å². The first-order valence-corrected chi connectivity index (χ1v) is 5.14. The van der Waals surface area contributed by atoms with Crippen molar-refractivity contribution in [2.45, 2.75) is 18.5 Å². The lowest BCUT2D eigenvalue weighted by Crippen LogP contribution is -2.45. The molecule has 0 aromatic heterocycles. The Morgan fingerprint density at radius 3 is 2.27 bits per heavy atom. The van der Waals surface area contributed by atoms with Crippen molar-refractivity contribution in [1.82, 2.24) is 0 Å². The van der Waals surface area contributed by atoms with Crippen LogP contribution < -0.4 is 5.73 Å². The highest BCUT2D eigenvalue weighted by molar-refractivity contribution is 9.10. The van der Waals surface area contributed by atoms with Gasteiger partial charge in [-0.05, 0) is 13.0 Å². The van der Waals surface area contributed by atoms with E-state index in [-0.39, 0.29) is 5.56 Å². The van der Waals surface area contributed by atoms with Crippen molar-refractivity contribution in [3.63, 3.8) is 0 Å². The van der Waals surface area contributed by atoms with Crippen LogP contribution in [-0.4, -0.2) is 12.5 Å². The SMILES string of the molecule is CC(F)(c1ccccc1Br)C(F)(F)CN. The first kappa shape index (κ1) is 12.5. The van der Waals surface area contributed by atoms with Gasteiger partial charge in [-0.15, -0.1) is 0 Å². The molecule has 0 aliphatic heterocycles. The van der Waals surface area contributed by atoms with Gasteiger partial charge >= 0.3 is 0 Å². The van der Waals surface area contributed by atoms with E-state index in [9.17, 15) is 13.2 Å². The van der Waals surface area contributed by atoms with Gasteiger partial charge in [0.05, 0.1) is 6.54 Å². The van der Waals surface area contributed by atoms with E-state index in [4.69, 9.17) is 5.73 Å². The van der Waals surface area contributed by atoms with Gasteiger partial charge in [-0.25, -0.2) is 13.2 Å². The molecule has 1 nitrogen and oxygen atoms in total. The van der Waals surface area contributed by atoms with E-state index in [0.717, 1.165) is 6.92 Å².